The summed E-state index contributed by atoms with van der Waals surface area (Å²) in [5.74, 6) is -0.602. The van der Waals surface area contributed by atoms with Crippen molar-refractivity contribution in [3.8, 4) is 0 Å². The van der Waals surface area contributed by atoms with Gasteiger partial charge in [0.15, 0.2) is 0 Å². The van der Waals surface area contributed by atoms with E-state index in [0.29, 0.717) is 10.2 Å². The van der Waals surface area contributed by atoms with Crippen molar-refractivity contribution in [3.05, 3.63) is 22.2 Å². The average Bonchev–Trinajstić information content (AvgIpc) is 2.30. The summed E-state index contributed by atoms with van der Waals surface area (Å²) in [6.07, 6.45) is -0.667. The number of carbonyl (C=O) groups is 2. The van der Waals surface area contributed by atoms with E-state index < -0.39 is 17.7 Å². The van der Waals surface area contributed by atoms with Crippen LogP contribution in [0, 0.1) is 0 Å². The molecule has 0 bridgehead atoms. The van der Waals surface area contributed by atoms with E-state index in [1.54, 1.807) is 20.8 Å². The fourth-order valence-corrected chi connectivity index (χ4v) is 1.73. The smallest absolute Gasteiger partial charge is 0.412 e. The first-order chi connectivity index (χ1) is 9.14. The summed E-state index contributed by atoms with van der Waals surface area (Å²) in [5, 5.41) is 2.50. The van der Waals surface area contributed by atoms with E-state index in [9.17, 15) is 9.59 Å². The Morgan fingerprint density at radius 1 is 1.30 bits per heavy atom. The maximum atomic E-state index is 11.8. The van der Waals surface area contributed by atoms with Crippen LogP contribution in [-0.2, 0) is 9.47 Å². The van der Waals surface area contributed by atoms with E-state index >= 15 is 0 Å². The first-order valence-electron chi connectivity index (χ1n) is 5.81. The Bertz CT molecular complexity index is 538. The Labute approximate surface area is 125 Å². The number of nitrogen functional groups attached to an aromatic ring is 1. The Morgan fingerprint density at radius 3 is 2.40 bits per heavy atom. The minimum absolute atomic E-state index is 0.152. The maximum absolute atomic E-state index is 11.8. The quantitative estimate of drug-likeness (QED) is 0.635. The molecule has 0 fully saturated rings. The molecule has 0 radical (unpaired) electrons. The minimum atomic E-state index is -0.667. The summed E-state index contributed by atoms with van der Waals surface area (Å²) in [6.45, 7) is 5.23. The number of nitrogens with one attached hydrogen (secondary N) is 1. The Hall–Kier alpha value is -1.76. The third-order valence-electron chi connectivity index (χ3n) is 2.18. The van der Waals surface area contributed by atoms with Crippen LogP contribution in [0.3, 0.4) is 0 Å². The number of anilines is 2. The van der Waals surface area contributed by atoms with E-state index in [2.05, 4.69) is 26.0 Å². The second kappa shape index (κ2) is 6.13. The molecule has 7 heteroatoms. The molecule has 6 nitrogen and oxygen atoms in total. The number of amides is 1. The monoisotopic (exact) mass is 344 g/mol. The van der Waals surface area contributed by atoms with Crippen molar-refractivity contribution < 1.29 is 19.1 Å². The number of carbonyl (C=O) groups excluding carboxylic acids is 2. The van der Waals surface area contributed by atoms with Crippen molar-refractivity contribution in [2.75, 3.05) is 18.2 Å². The van der Waals surface area contributed by atoms with Crippen molar-refractivity contribution >= 4 is 39.4 Å². The van der Waals surface area contributed by atoms with Gasteiger partial charge < -0.3 is 15.2 Å². The predicted molar refractivity (Wildman–Crippen MR) is 79.8 cm³/mol. The molecule has 0 heterocycles. The molecule has 1 aromatic carbocycles. The first-order valence-corrected chi connectivity index (χ1v) is 6.60. The second-order valence-corrected chi connectivity index (χ2v) is 5.89. The molecule has 0 saturated heterocycles. The largest absolute Gasteiger partial charge is 0.465 e. The third-order valence-corrected chi connectivity index (χ3v) is 2.86. The highest BCUT2D eigenvalue weighted by atomic mass is 79.9. The number of hydrogen-bond donors (Lipinski definition) is 2. The fraction of sp³-hybridized carbons (Fsp3) is 0.385. The molecule has 3 N–H and O–H groups in total. The SMILES string of the molecule is COC(=O)c1cc(N)c(Br)cc1NC(=O)OC(C)(C)C. The molecule has 0 aromatic heterocycles. The van der Waals surface area contributed by atoms with Crippen molar-refractivity contribution in [2.24, 2.45) is 0 Å². The highest BCUT2D eigenvalue weighted by molar-refractivity contribution is 9.10. The number of hydrogen-bond acceptors (Lipinski definition) is 5. The highest BCUT2D eigenvalue weighted by Crippen LogP contribution is 2.28. The topological polar surface area (TPSA) is 90.6 Å². The molecule has 0 aliphatic rings. The van der Waals surface area contributed by atoms with Gasteiger partial charge in [-0.15, -0.1) is 0 Å². The number of benzene rings is 1. The molecule has 110 valence electrons. The van der Waals surface area contributed by atoms with Gasteiger partial charge in [-0.3, -0.25) is 5.32 Å². The van der Waals surface area contributed by atoms with E-state index in [-0.39, 0.29) is 11.3 Å². The first kappa shape index (κ1) is 16.3. The van der Waals surface area contributed by atoms with Crippen LogP contribution >= 0.6 is 15.9 Å². The van der Waals surface area contributed by atoms with Gasteiger partial charge in [0, 0.05) is 10.2 Å². The molecule has 0 saturated carbocycles. The Morgan fingerprint density at radius 2 is 1.90 bits per heavy atom. The number of ether oxygens (including phenoxy) is 2. The van der Waals surface area contributed by atoms with Gasteiger partial charge in [0.1, 0.15) is 5.60 Å². The number of nitrogens with two attached hydrogens (primary N) is 1. The predicted octanol–water partition coefficient (Wildman–Crippen LogP) is 3.16. The highest BCUT2D eigenvalue weighted by Gasteiger charge is 2.20. The summed E-state index contributed by atoms with van der Waals surface area (Å²) < 4.78 is 10.3. The third kappa shape index (κ3) is 4.41. The second-order valence-electron chi connectivity index (χ2n) is 5.04. The van der Waals surface area contributed by atoms with Crippen LogP contribution in [0.15, 0.2) is 16.6 Å². The molecular weight excluding hydrogens is 328 g/mol. The van der Waals surface area contributed by atoms with Gasteiger partial charge in [0.2, 0.25) is 0 Å². The molecule has 0 aliphatic heterocycles. The van der Waals surface area contributed by atoms with Crippen LogP contribution in [-0.4, -0.2) is 24.8 Å². The van der Waals surface area contributed by atoms with Gasteiger partial charge in [0.25, 0.3) is 0 Å². The summed E-state index contributed by atoms with van der Waals surface area (Å²) in [4.78, 5) is 23.4. The molecule has 20 heavy (non-hydrogen) atoms. The number of esters is 1. The molecule has 0 atom stereocenters. The maximum Gasteiger partial charge on any atom is 0.412 e. The van der Waals surface area contributed by atoms with Crippen LogP contribution in [0.5, 0.6) is 0 Å². The van der Waals surface area contributed by atoms with Gasteiger partial charge in [0.05, 0.1) is 18.4 Å². The normalized spacial score (nSPS) is 10.8. The lowest BCUT2D eigenvalue weighted by Crippen LogP contribution is -2.27. The number of halogens is 1. The van der Waals surface area contributed by atoms with Gasteiger partial charge in [-0.1, -0.05) is 0 Å². The van der Waals surface area contributed by atoms with Crippen molar-refractivity contribution in [1.82, 2.24) is 0 Å². The van der Waals surface area contributed by atoms with Crippen molar-refractivity contribution in [2.45, 2.75) is 26.4 Å². The lowest BCUT2D eigenvalue weighted by Gasteiger charge is -2.20. The summed E-state index contributed by atoms with van der Waals surface area (Å²) in [5.41, 5.74) is 5.85. The lowest BCUT2D eigenvalue weighted by molar-refractivity contribution is 0.0602. The standard InChI is InChI=1S/C13H17BrN2O4/c1-13(2,3)20-12(18)16-10-6-8(14)9(15)5-7(10)11(17)19-4/h5-6H,15H2,1-4H3,(H,16,18). The zero-order valence-electron chi connectivity index (χ0n) is 11.7. The van der Waals surface area contributed by atoms with Crippen LogP contribution < -0.4 is 11.1 Å². The lowest BCUT2D eigenvalue weighted by atomic mass is 10.1. The number of rotatable bonds is 2. The molecule has 1 amide bonds. The average molecular weight is 345 g/mol. The zero-order valence-corrected chi connectivity index (χ0v) is 13.3. The van der Waals surface area contributed by atoms with Crippen LogP contribution in [0.1, 0.15) is 31.1 Å². The van der Waals surface area contributed by atoms with Crippen LogP contribution in [0.2, 0.25) is 0 Å². The van der Waals surface area contributed by atoms with Gasteiger partial charge in [-0.2, -0.15) is 0 Å². The molecular formula is C13H17BrN2O4. The molecule has 1 aromatic rings. The van der Waals surface area contributed by atoms with E-state index in [0.717, 1.165) is 0 Å². The van der Waals surface area contributed by atoms with E-state index in [1.807, 2.05) is 0 Å². The van der Waals surface area contributed by atoms with Crippen LogP contribution in [0.4, 0.5) is 16.2 Å². The van der Waals surface area contributed by atoms with E-state index in [1.165, 1.54) is 19.2 Å². The fourth-order valence-electron chi connectivity index (χ4n) is 1.39. The Balaban J connectivity index is 3.07. The molecule has 0 aliphatic carbocycles. The Kier molecular flexibility index (Phi) is 4.99. The number of methoxy groups -OCH3 is 1. The summed E-state index contributed by atoms with van der Waals surface area (Å²) in [7, 11) is 1.25. The van der Waals surface area contributed by atoms with Gasteiger partial charge >= 0.3 is 12.1 Å². The van der Waals surface area contributed by atoms with Gasteiger partial charge in [-0.25, -0.2) is 9.59 Å². The van der Waals surface area contributed by atoms with Crippen molar-refractivity contribution in [3.63, 3.8) is 0 Å². The summed E-state index contributed by atoms with van der Waals surface area (Å²) >= 11 is 3.23. The van der Waals surface area contributed by atoms with E-state index in [4.69, 9.17) is 10.5 Å². The zero-order chi connectivity index (χ0) is 15.5. The molecule has 1 rings (SSSR count). The minimum Gasteiger partial charge on any atom is -0.465 e. The van der Waals surface area contributed by atoms with Crippen molar-refractivity contribution in [1.29, 1.82) is 0 Å². The van der Waals surface area contributed by atoms with Gasteiger partial charge in [-0.05, 0) is 48.8 Å². The molecule has 0 unspecified atom stereocenters. The van der Waals surface area contributed by atoms with Crippen LogP contribution in [0.25, 0.3) is 0 Å². The summed E-state index contributed by atoms with van der Waals surface area (Å²) in [6, 6.07) is 2.94. The molecule has 0 spiro atoms.